The van der Waals surface area contributed by atoms with E-state index in [0.29, 0.717) is 0 Å². The van der Waals surface area contributed by atoms with Gasteiger partial charge in [-0.1, -0.05) is 11.6 Å². The van der Waals surface area contributed by atoms with Crippen molar-refractivity contribution in [3.8, 4) is 0 Å². The van der Waals surface area contributed by atoms with Crippen LogP contribution in [0.4, 0.5) is 0 Å². The van der Waals surface area contributed by atoms with Crippen molar-refractivity contribution in [3.05, 3.63) is 11.6 Å². The first-order chi connectivity index (χ1) is 3.91. The van der Waals surface area contributed by atoms with Crippen molar-refractivity contribution in [1.82, 2.24) is 0 Å². The van der Waals surface area contributed by atoms with Gasteiger partial charge in [-0.15, -0.1) is 0 Å². The normalized spacial score (nSPS) is 56.0. The van der Waals surface area contributed by atoms with E-state index in [0.717, 1.165) is 11.3 Å². The molecule has 4 aliphatic carbocycles. The van der Waals surface area contributed by atoms with Gasteiger partial charge in [-0.25, -0.2) is 0 Å². The van der Waals surface area contributed by atoms with Gasteiger partial charge < -0.3 is 0 Å². The number of rotatable bonds is 0. The summed E-state index contributed by atoms with van der Waals surface area (Å²) in [6.45, 7) is 0. The molecule has 0 aromatic carbocycles. The summed E-state index contributed by atoms with van der Waals surface area (Å²) in [6.07, 6.45) is 8.49. The highest BCUT2D eigenvalue weighted by atomic mass is 14.6. The molecule has 4 aliphatic rings. The molecule has 2 bridgehead atoms. The van der Waals surface area contributed by atoms with Crippen molar-refractivity contribution in [2.75, 3.05) is 0 Å². The Hall–Kier alpha value is -0.260. The maximum atomic E-state index is 2.46. The fourth-order valence-corrected chi connectivity index (χ4v) is 2.82. The Labute approximate surface area is 49.6 Å². The molecule has 0 aliphatic heterocycles. The Kier molecular flexibility index (Phi) is 0.367. The Morgan fingerprint density at radius 3 is 2.88 bits per heavy atom. The van der Waals surface area contributed by atoms with Crippen LogP contribution in [0.25, 0.3) is 0 Å². The van der Waals surface area contributed by atoms with Crippen molar-refractivity contribution >= 4 is 0 Å². The number of fused-ring (bicyclic) bond motifs is 1. The molecular weight excluding hydrogens is 96.1 g/mol. The lowest BCUT2D eigenvalue weighted by Gasteiger charge is -2.48. The molecule has 2 unspecified atom stereocenters. The molecule has 0 heterocycles. The van der Waals surface area contributed by atoms with Gasteiger partial charge in [0.2, 0.25) is 0 Å². The molecule has 0 heteroatoms. The molecule has 4 rings (SSSR count). The molecule has 0 aromatic rings. The Morgan fingerprint density at radius 2 is 2.62 bits per heavy atom. The third-order valence-electron chi connectivity index (χ3n) is 3.37. The molecule has 3 saturated carbocycles. The highest BCUT2D eigenvalue weighted by Gasteiger charge is 2.57. The lowest BCUT2D eigenvalue weighted by molar-refractivity contribution is 0.220. The van der Waals surface area contributed by atoms with E-state index in [1.807, 2.05) is 5.57 Å². The van der Waals surface area contributed by atoms with Gasteiger partial charge in [0.15, 0.2) is 0 Å². The van der Waals surface area contributed by atoms with Crippen molar-refractivity contribution in [2.24, 2.45) is 11.3 Å². The highest BCUT2D eigenvalue weighted by molar-refractivity contribution is 5.40. The van der Waals surface area contributed by atoms with E-state index < -0.39 is 0 Å². The van der Waals surface area contributed by atoms with Gasteiger partial charge >= 0.3 is 0 Å². The molecule has 0 amide bonds. The van der Waals surface area contributed by atoms with Gasteiger partial charge in [0.1, 0.15) is 0 Å². The molecule has 0 N–H and O–H groups in total. The predicted molar refractivity (Wildman–Crippen MR) is 32.5 cm³/mol. The summed E-state index contributed by atoms with van der Waals surface area (Å²) in [5.41, 5.74) is 2.68. The molecule has 0 nitrogen and oxygen atoms in total. The Bertz CT molecular complexity index is 174. The van der Waals surface area contributed by atoms with E-state index in [2.05, 4.69) is 6.08 Å². The quantitative estimate of drug-likeness (QED) is 0.415. The number of allylic oxidation sites excluding steroid dienone is 2. The molecule has 42 valence electrons. The molecule has 2 atom stereocenters. The second-order valence-corrected chi connectivity index (χ2v) is 3.58. The van der Waals surface area contributed by atoms with Crippen molar-refractivity contribution in [3.63, 3.8) is 0 Å². The Balaban J connectivity index is 2.22. The van der Waals surface area contributed by atoms with Crippen LogP contribution in [0.5, 0.6) is 0 Å². The van der Waals surface area contributed by atoms with Gasteiger partial charge in [0, 0.05) is 0 Å². The van der Waals surface area contributed by atoms with Gasteiger partial charge in [0.25, 0.3) is 0 Å². The average molecular weight is 106 g/mol. The fraction of sp³-hybridized carbons (Fsp3) is 0.750. The van der Waals surface area contributed by atoms with Crippen LogP contribution >= 0.6 is 0 Å². The summed E-state index contributed by atoms with van der Waals surface area (Å²) in [7, 11) is 0. The molecule has 8 heavy (non-hydrogen) atoms. The summed E-state index contributed by atoms with van der Waals surface area (Å²) in [6, 6.07) is 0. The van der Waals surface area contributed by atoms with E-state index in [9.17, 15) is 0 Å². The zero-order valence-electron chi connectivity index (χ0n) is 4.98. The second kappa shape index (κ2) is 0.792. The Morgan fingerprint density at radius 1 is 1.62 bits per heavy atom. The van der Waals surface area contributed by atoms with Crippen LogP contribution in [0.2, 0.25) is 0 Å². The third kappa shape index (κ3) is 0.180. The van der Waals surface area contributed by atoms with E-state index in [-0.39, 0.29) is 0 Å². The molecule has 3 fully saturated rings. The van der Waals surface area contributed by atoms with Gasteiger partial charge in [0.05, 0.1) is 0 Å². The van der Waals surface area contributed by atoms with E-state index in [1.54, 1.807) is 6.42 Å². The first-order valence-corrected chi connectivity index (χ1v) is 3.61. The van der Waals surface area contributed by atoms with E-state index >= 15 is 0 Å². The standard InChI is InChI=1S/C8H10/c1-3-8-4-2-7(8)6(1)5-8/h2,6H,1,3-5H2. The first kappa shape index (κ1) is 3.71. The van der Waals surface area contributed by atoms with Crippen molar-refractivity contribution < 1.29 is 0 Å². The first-order valence-electron chi connectivity index (χ1n) is 3.61. The lowest BCUT2D eigenvalue weighted by Crippen LogP contribution is -2.37. The molecular formula is C8H10. The minimum Gasteiger partial charge on any atom is -0.0836 e. The van der Waals surface area contributed by atoms with Crippen LogP contribution in [-0.2, 0) is 0 Å². The van der Waals surface area contributed by atoms with Crippen LogP contribution in [0.3, 0.4) is 0 Å². The topological polar surface area (TPSA) is 0 Å². The second-order valence-electron chi connectivity index (χ2n) is 3.58. The molecule has 0 saturated heterocycles. The maximum Gasteiger partial charge on any atom is -0.00449 e. The van der Waals surface area contributed by atoms with Crippen LogP contribution in [0.15, 0.2) is 11.6 Å². The molecule has 1 spiro atoms. The molecule has 0 aromatic heterocycles. The van der Waals surface area contributed by atoms with E-state index in [4.69, 9.17) is 0 Å². The number of hydrogen-bond acceptors (Lipinski definition) is 0. The minimum absolute atomic E-state index is 0.838. The van der Waals surface area contributed by atoms with Crippen LogP contribution in [-0.4, -0.2) is 0 Å². The lowest BCUT2D eigenvalue weighted by atomic mass is 9.56. The zero-order chi connectivity index (χ0) is 5.19. The monoisotopic (exact) mass is 106 g/mol. The average Bonchev–Trinajstić information content (AvgIpc) is 2.19. The highest BCUT2D eigenvalue weighted by Crippen LogP contribution is 2.69. The zero-order valence-corrected chi connectivity index (χ0v) is 4.98. The van der Waals surface area contributed by atoms with Crippen LogP contribution in [0, 0.1) is 11.3 Å². The van der Waals surface area contributed by atoms with Crippen molar-refractivity contribution in [2.45, 2.75) is 25.7 Å². The SMILES string of the molecule is C1=C2C3CCC2(C1)C3. The van der Waals surface area contributed by atoms with Crippen LogP contribution in [0.1, 0.15) is 25.7 Å². The third-order valence-corrected chi connectivity index (χ3v) is 3.37. The molecule has 0 radical (unpaired) electrons. The van der Waals surface area contributed by atoms with Gasteiger partial charge in [-0.05, 0) is 37.0 Å². The van der Waals surface area contributed by atoms with Gasteiger partial charge in [-0.2, -0.15) is 0 Å². The number of hydrogen-bond donors (Lipinski definition) is 0. The largest absolute Gasteiger partial charge is 0.0836 e. The van der Waals surface area contributed by atoms with Crippen molar-refractivity contribution in [1.29, 1.82) is 0 Å². The summed E-state index contributed by atoms with van der Waals surface area (Å²) < 4.78 is 0. The summed E-state index contributed by atoms with van der Waals surface area (Å²) in [5, 5.41) is 0. The van der Waals surface area contributed by atoms with Gasteiger partial charge in [-0.3, -0.25) is 0 Å². The summed E-state index contributed by atoms with van der Waals surface area (Å²) in [4.78, 5) is 0. The maximum absolute atomic E-state index is 2.46. The van der Waals surface area contributed by atoms with Crippen LogP contribution < -0.4 is 0 Å². The summed E-state index contributed by atoms with van der Waals surface area (Å²) >= 11 is 0. The van der Waals surface area contributed by atoms with E-state index in [1.165, 1.54) is 19.3 Å². The summed E-state index contributed by atoms with van der Waals surface area (Å²) in [5.74, 6) is 1.07. The predicted octanol–water partition coefficient (Wildman–Crippen LogP) is 2.12. The fourth-order valence-electron chi connectivity index (χ4n) is 2.82. The smallest absolute Gasteiger partial charge is 0.00449 e. The minimum atomic E-state index is 0.838.